The van der Waals surface area contributed by atoms with Gasteiger partial charge in [0.2, 0.25) is 5.91 Å². The number of aromatic nitrogens is 2. The maximum Gasteiger partial charge on any atom is 0.434 e. The molecule has 11 heteroatoms. The van der Waals surface area contributed by atoms with Crippen LogP contribution in [0.25, 0.3) is 11.0 Å². The number of ether oxygens (including phenoxy) is 1. The summed E-state index contributed by atoms with van der Waals surface area (Å²) in [5, 5.41) is 12.1. The highest BCUT2D eigenvalue weighted by molar-refractivity contribution is 6.36. The highest BCUT2D eigenvalue weighted by Gasteiger charge is 2.40. The van der Waals surface area contributed by atoms with Gasteiger partial charge >= 0.3 is 6.18 Å². The third-order valence-electron chi connectivity index (χ3n) is 4.55. The molecule has 1 atom stereocenters. The van der Waals surface area contributed by atoms with E-state index in [2.05, 4.69) is 15.3 Å². The van der Waals surface area contributed by atoms with Crippen molar-refractivity contribution in [1.82, 2.24) is 15.3 Å². The van der Waals surface area contributed by atoms with Crippen molar-refractivity contribution in [3.05, 3.63) is 22.0 Å². The summed E-state index contributed by atoms with van der Waals surface area (Å²) >= 11 is 6.15. The molecule has 2 aromatic heterocycles. The summed E-state index contributed by atoms with van der Waals surface area (Å²) in [6.07, 6.45) is -5.29. The van der Waals surface area contributed by atoms with E-state index in [9.17, 15) is 23.2 Å². The van der Waals surface area contributed by atoms with Crippen LogP contribution >= 0.6 is 11.6 Å². The van der Waals surface area contributed by atoms with Gasteiger partial charge in [0, 0.05) is 25.8 Å². The van der Waals surface area contributed by atoms with Crippen LogP contribution in [0.2, 0.25) is 5.02 Å². The molecule has 0 spiro atoms. The number of fused-ring (bicyclic) bond motifs is 1. The van der Waals surface area contributed by atoms with Gasteiger partial charge in [-0.15, -0.1) is 0 Å². The molecule has 0 bridgehead atoms. The molecule has 1 aliphatic rings. The number of carbonyl (C=O) groups excluding carboxylic acids is 1. The lowest BCUT2D eigenvalue weighted by molar-refractivity contribution is -0.141. The average Bonchev–Trinajstić information content (AvgIpc) is 2.93. The molecule has 0 aromatic carbocycles. The van der Waals surface area contributed by atoms with Gasteiger partial charge in [-0.25, -0.2) is 4.98 Å². The first kappa shape index (κ1) is 20.2. The van der Waals surface area contributed by atoms with Crippen LogP contribution in [0.1, 0.15) is 23.4 Å². The number of pyridine rings is 1. The highest BCUT2D eigenvalue weighted by Crippen LogP contribution is 2.41. The van der Waals surface area contributed by atoms with Crippen molar-refractivity contribution in [1.29, 1.82) is 5.26 Å². The Kier molecular flexibility index (Phi) is 5.41. The molecular weight excluding hydrogens is 399 g/mol. The number of carbonyl (C=O) groups is 1. The SMILES string of the molecule is CNC(=O)CC1CN(c2c(C#N)c(C(F)(F)F)nc3c(Cl)c(C)[nH]c23)CCO1. The quantitative estimate of drug-likeness (QED) is 0.804. The van der Waals surface area contributed by atoms with Crippen molar-refractivity contribution < 1.29 is 22.7 Å². The normalized spacial score (nSPS) is 17.6. The van der Waals surface area contributed by atoms with Crippen molar-refractivity contribution in [2.45, 2.75) is 25.6 Å². The maximum atomic E-state index is 13.6. The summed E-state index contributed by atoms with van der Waals surface area (Å²) in [5.74, 6) is -0.248. The Balaban J connectivity index is 2.17. The van der Waals surface area contributed by atoms with E-state index < -0.39 is 23.5 Å². The second-order valence-electron chi connectivity index (χ2n) is 6.40. The number of nitriles is 1. The van der Waals surface area contributed by atoms with E-state index in [0.29, 0.717) is 5.69 Å². The summed E-state index contributed by atoms with van der Waals surface area (Å²) in [6, 6.07) is 1.65. The maximum absolute atomic E-state index is 13.6. The number of anilines is 1. The van der Waals surface area contributed by atoms with Gasteiger partial charge in [0.1, 0.15) is 17.1 Å². The van der Waals surface area contributed by atoms with Gasteiger partial charge in [0.15, 0.2) is 5.69 Å². The molecule has 3 heterocycles. The monoisotopic (exact) mass is 415 g/mol. The number of nitrogens with one attached hydrogen (secondary N) is 2. The molecule has 1 fully saturated rings. The lowest BCUT2D eigenvalue weighted by atomic mass is 10.1. The molecule has 1 aliphatic heterocycles. The van der Waals surface area contributed by atoms with Crippen LogP contribution in [0.5, 0.6) is 0 Å². The standard InChI is InChI=1S/C17H17ClF3N5O2/c1-8-12(18)13-14(24-8)15(10(6-22)16(25-13)17(19,20)21)26-3-4-28-9(7-26)5-11(27)23-2/h9,24H,3-5,7H2,1-2H3,(H,23,27). The second kappa shape index (κ2) is 7.48. The van der Waals surface area contributed by atoms with Gasteiger partial charge < -0.3 is 19.9 Å². The number of H-pyrrole nitrogens is 1. The number of aryl methyl sites for hydroxylation is 1. The Morgan fingerprint density at radius 3 is 2.86 bits per heavy atom. The van der Waals surface area contributed by atoms with E-state index >= 15 is 0 Å². The zero-order chi connectivity index (χ0) is 20.6. The van der Waals surface area contributed by atoms with E-state index in [-0.39, 0.29) is 53.8 Å². The molecule has 0 radical (unpaired) electrons. The van der Waals surface area contributed by atoms with E-state index in [1.807, 2.05) is 0 Å². The van der Waals surface area contributed by atoms with Gasteiger partial charge in [-0.1, -0.05) is 11.6 Å². The number of alkyl halides is 3. The first-order valence-corrected chi connectivity index (χ1v) is 8.81. The Bertz CT molecular complexity index is 967. The number of morpholine rings is 1. The molecule has 1 amide bonds. The third-order valence-corrected chi connectivity index (χ3v) is 5.01. The van der Waals surface area contributed by atoms with Crippen molar-refractivity contribution >= 4 is 34.2 Å². The second-order valence-corrected chi connectivity index (χ2v) is 6.78. The smallest absolute Gasteiger partial charge is 0.374 e. The number of hydrogen-bond acceptors (Lipinski definition) is 5. The van der Waals surface area contributed by atoms with Crippen molar-refractivity contribution in [3.8, 4) is 6.07 Å². The molecule has 2 aromatic rings. The molecule has 0 saturated carbocycles. The molecule has 3 rings (SSSR count). The molecule has 2 N–H and O–H groups in total. The predicted octanol–water partition coefficient (Wildman–Crippen LogP) is 2.76. The lowest BCUT2D eigenvalue weighted by Crippen LogP contribution is -2.45. The minimum absolute atomic E-state index is 0.0464. The van der Waals surface area contributed by atoms with Crippen LogP contribution in [0.3, 0.4) is 0 Å². The summed E-state index contributed by atoms with van der Waals surface area (Å²) in [7, 11) is 1.49. The number of nitrogens with zero attached hydrogens (tertiary/aromatic N) is 3. The van der Waals surface area contributed by atoms with Crippen LogP contribution in [0, 0.1) is 18.3 Å². The van der Waals surface area contributed by atoms with Gasteiger partial charge in [-0.3, -0.25) is 4.79 Å². The van der Waals surface area contributed by atoms with Crippen LogP contribution in [0.15, 0.2) is 0 Å². The predicted molar refractivity (Wildman–Crippen MR) is 96.2 cm³/mol. The van der Waals surface area contributed by atoms with Gasteiger partial charge in [0.05, 0.1) is 35.4 Å². The van der Waals surface area contributed by atoms with E-state index in [1.165, 1.54) is 7.05 Å². The zero-order valence-electron chi connectivity index (χ0n) is 15.1. The summed E-state index contributed by atoms with van der Waals surface area (Å²) in [6.45, 7) is 2.21. The Morgan fingerprint density at radius 1 is 1.54 bits per heavy atom. The molecule has 1 saturated heterocycles. The van der Waals surface area contributed by atoms with Crippen LogP contribution in [0.4, 0.5) is 18.9 Å². The number of hydrogen-bond donors (Lipinski definition) is 2. The number of rotatable bonds is 3. The number of halogens is 4. The molecule has 150 valence electrons. The fourth-order valence-electron chi connectivity index (χ4n) is 3.25. The molecule has 0 aliphatic carbocycles. The minimum Gasteiger partial charge on any atom is -0.374 e. The largest absolute Gasteiger partial charge is 0.434 e. The van der Waals surface area contributed by atoms with Crippen LogP contribution in [-0.2, 0) is 15.7 Å². The van der Waals surface area contributed by atoms with E-state index in [1.54, 1.807) is 17.9 Å². The molecule has 28 heavy (non-hydrogen) atoms. The Labute approximate surface area is 163 Å². The van der Waals surface area contributed by atoms with Gasteiger partial charge in [-0.05, 0) is 6.92 Å². The fourth-order valence-corrected chi connectivity index (χ4v) is 3.44. The Morgan fingerprint density at radius 2 is 2.25 bits per heavy atom. The molecule has 1 unspecified atom stereocenters. The van der Waals surface area contributed by atoms with E-state index in [4.69, 9.17) is 16.3 Å². The summed E-state index contributed by atoms with van der Waals surface area (Å²) in [4.78, 5) is 19.8. The van der Waals surface area contributed by atoms with Gasteiger partial charge in [0.25, 0.3) is 0 Å². The topological polar surface area (TPSA) is 94.0 Å². The fraction of sp³-hybridized carbons (Fsp3) is 0.471. The van der Waals surface area contributed by atoms with Crippen LogP contribution < -0.4 is 10.2 Å². The lowest BCUT2D eigenvalue weighted by Gasteiger charge is -2.35. The average molecular weight is 416 g/mol. The third kappa shape index (κ3) is 3.59. The number of aromatic amines is 1. The van der Waals surface area contributed by atoms with Crippen molar-refractivity contribution in [3.63, 3.8) is 0 Å². The van der Waals surface area contributed by atoms with E-state index in [0.717, 1.165) is 0 Å². The minimum atomic E-state index is -4.82. The van der Waals surface area contributed by atoms with Crippen LogP contribution in [-0.4, -0.2) is 48.7 Å². The zero-order valence-corrected chi connectivity index (χ0v) is 15.8. The first-order valence-electron chi connectivity index (χ1n) is 8.43. The molecule has 7 nitrogen and oxygen atoms in total. The van der Waals surface area contributed by atoms with Gasteiger partial charge in [-0.2, -0.15) is 18.4 Å². The summed E-state index contributed by atoms with van der Waals surface area (Å²) in [5.41, 5.74) is -1.14. The number of amides is 1. The summed E-state index contributed by atoms with van der Waals surface area (Å²) < 4.78 is 46.3. The first-order chi connectivity index (χ1) is 13.2. The van der Waals surface area contributed by atoms with Crippen molar-refractivity contribution in [2.75, 3.05) is 31.6 Å². The van der Waals surface area contributed by atoms with Crippen molar-refractivity contribution in [2.24, 2.45) is 0 Å². The Hall–Kier alpha value is -2.51. The highest BCUT2D eigenvalue weighted by atomic mass is 35.5. The molecular formula is C17H17ClF3N5O2.